The molecule has 5 nitrogen and oxygen atoms in total. The fraction of sp³-hybridized carbons (Fsp3) is 0.300. The Bertz CT molecular complexity index is 805. The Hall–Kier alpha value is -2.89. The Balaban J connectivity index is 2.19. The Labute approximate surface area is 152 Å². The van der Waals surface area contributed by atoms with E-state index in [4.69, 9.17) is 4.74 Å². The van der Waals surface area contributed by atoms with E-state index >= 15 is 0 Å². The van der Waals surface area contributed by atoms with Gasteiger partial charge in [0.2, 0.25) is 5.91 Å². The van der Waals surface area contributed by atoms with Crippen LogP contribution in [0.1, 0.15) is 29.8 Å². The van der Waals surface area contributed by atoms with Gasteiger partial charge in [-0.1, -0.05) is 32.0 Å². The lowest BCUT2D eigenvalue weighted by molar-refractivity contribution is -0.118. The van der Waals surface area contributed by atoms with Gasteiger partial charge in [-0.2, -0.15) is 0 Å². The Morgan fingerprint density at radius 1 is 1.12 bits per heavy atom. The minimum absolute atomic E-state index is 0.0981. The Morgan fingerprint density at radius 3 is 2.42 bits per heavy atom. The number of halogens is 1. The number of anilines is 1. The molecule has 0 aromatic heterocycles. The topological polar surface area (TPSA) is 67.4 Å². The van der Waals surface area contributed by atoms with E-state index in [1.807, 2.05) is 13.0 Å². The molecule has 0 bridgehead atoms. The lowest BCUT2D eigenvalue weighted by Crippen LogP contribution is -2.47. The highest BCUT2D eigenvalue weighted by molar-refractivity contribution is 6.02. The standard InChI is InChI=1S/C20H23FN2O3/c1-12(2)18(23-19(24)14-7-5-6-8-15(14)21)20(25)22-16-11-13(3)9-10-17(16)26-4/h5-12,18H,1-4H3,(H,22,25)(H,23,24). The van der Waals surface area contributed by atoms with E-state index in [0.29, 0.717) is 11.4 Å². The molecule has 2 rings (SSSR count). The zero-order chi connectivity index (χ0) is 19.3. The summed E-state index contributed by atoms with van der Waals surface area (Å²) in [6.45, 7) is 5.51. The quantitative estimate of drug-likeness (QED) is 0.830. The number of rotatable bonds is 6. The van der Waals surface area contributed by atoms with Crippen LogP contribution in [0.4, 0.5) is 10.1 Å². The van der Waals surface area contributed by atoms with Gasteiger partial charge in [0, 0.05) is 0 Å². The fourth-order valence-electron chi connectivity index (χ4n) is 2.53. The number of aryl methyl sites for hydroxylation is 1. The smallest absolute Gasteiger partial charge is 0.254 e. The first kappa shape index (κ1) is 19.4. The summed E-state index contributed by atoms with van der Waals surface area (Å²) < 4.78 is 19.1. The number of methoxy groups -OCH3 is 1. The van der Waals surface area contributed by atoms with E-state index < -0.39 is 23.7 Å². The molecular formula is C20H23FN2O3. The SMILES string of the molecule is COc1ccc(C)cc1NC(=O)C(NC(=O)c1ccccc1F)C(C)C. The maximum atomic E-state index is 13.8. The maximum Gasteiger partial charge on any atom is 0.254 e. The second-order valence-electron chi connectivity index (χ2n) is 6.37. The van der Waals surface area contributed by atoms with Gasteiger partial charge in [0.25, 0.3) is 5.91 Å². The van der Waals surface area contributed by atoms with Crippen LogP contribution in [0.5, 0.6) is 5.75 Å². The zero-order valence-electron chi connectivity index (χ0n) is 15.3. The molecule has 0 aliphatic carbocycles. The summed E-state index contributed by atoms with van der Waals surface area (Å²) in [5.74, 6) is -1.33. The van der Waals surface area contributed by atoms with Crippen molar-refractivity contribution in [1.82, 2.24) is 5.32 Å². The molecule has 0 fully saturated rings. The van der Waals surface area contributed by atoms with Gasteiger partial charge in [-0.15, -0.1) is 0 Å². The average molecular weight is 358 g/mol. The molecule has 2 aromatic carbocycles. The zero-order valence-corrected chi connectivity index (χ0v) is 15.3. The predicted molar refractivity (Wildman–Crippen MR) is 98.9 cm³/mol. The fourth-order valence-corrected chi connectivity index (χ4v) is 2.53. The van der Waals surface area contributed by atoms with Crippen LogP contribution >= 0.6 is 0 Å². The van der Waals surface area contributed by atoms with Gasteiger partial charge in [0.05, 0.1) is 18.4 Å². The summed E-state index contributed by atoms with van der Waals surface area (Å²) in [7, 11) is 1.51. The van der Waals surface area contributed by atoms with Crippen molar-refractivity contribution in [3.8, 4) is 5.75 Å². The summed E-state index contributed by atoms with van der Waals surface area (Å²) in [6.07, 6.45) is 0. The molecule has 0 saturated carbocycles. The number of benzene rings is 2. The van der Waals surface area contributed by atoms with Crippen LogP contribution in [0.3, 0.4) is 0 Å². The van der Waals surface area contributed by atoms with Crippen molar-refractivity contribution in [2.24, 2.45) is 5.92 Å². The highest BCUT2D eigenvalue weighted by Gasteiger charge is 2.26. The van der Waals surface area contributed by atoms with Crippen molar-refractivity contribution in [2.75, 3.05) is 12.4 Å². The highest BCUT2D eigenvalue weighted by atomic mass is 19.1. The van der Waals surface area contributed by atoms with Crippen LogP contribution < -0.4 is 15.4 Å². The van der Waals surface area contributed by atoms with Gasteiger partial charge in [0.1, 0.15) is 17.6 Å². The molecule has 0 spiro atoms. The minimum Gasteiger partial charge on any atom is -0.495 e. The molecular weight excluding hydrogens is 335 g/mol. The number of hydrogen-bond donors (Lipinski definition) is 2. The van der Waals surface area contributed by atoms with E-state index in [-0.39, 0.29) is 11.5 Å². The summed E-state index contributed by atoms with van der Waals surface area (Å²) >= 11 is 0. The Morgan fingerprint density at radius 2 is 1.81 bits per heavy atom. The summed E-state index contributed by atoms with van der Waals surface area (Å²) in [4.78, 5) is 25.1. The van der Waals surface area contributed by atoms with Crippen LogP contribution in [0.25, 0.3) is 0 Å². The van der Waals surface area contributed by atoms with E-state index in [1.54, 1.807) is 32.0 Å². The molecule has 0 aliphatic rings. The number of carbonyl (C=O) groups excluding carboxylic acids is 2. The van der Waals surface area contributed by atoms with E-state index in [0.717, 1.165) is 5.56 Å². The number of carbonyl (C=O) groups is 2. The van der Waals surface area contributed by atoms with E-state index in [9.17, 15) is 14.0 Å². The molecule has 6 heteroatoms. The second-order valence-corrected chi connectivity index (χ2v) is 6.37. The van der Waals surface area contributed by atoms with Gasteiger partial charge in [-0.3, -0.25) is 9.59 Å². The van der Waals surface area contributed by atoms with Gasteiger partial charge in [-0.05, 0) is 42.7 Å². The number of ether oxygens (including phenoxy) is 1. The first-order valence-corrected chi connectivity index (χ1v) is 8.34. The van der Waals surface area contributed by atoms with E-state index in [1.165, 1.54) is 25.3 Å². The first-order chi connectivity index (χ1) is 12.3. The normalized spacial score (nSPS) is 11.8. The molecule has 1 unspecified atom stereocenters. The molecule has 0 radical (unpaired) electrons. The summed E-state index contributed by atoms with van der Waals surface area (Å²) in [5, 5.41) is 5.40. The van der Waals surface area contributed by atoms with Crippen LogP contribution in [0, 0.1) is 18.7 Å². The van der Waals surface area contributed by atoms with Crippen molar-refractivity contribution < 1.29 is 18.7 Å². The van der Waals surface area contributed by atoms with Gasteiger partial charge >= 0.3 is 0 Å². The molecule has 0 heterocycles. The number of amides is 2. The summed E-state index contributed by atoms with van der Waals surface area (Å²) in [5.41, 5.74) is 1.37. The molecule has 2 amide bonds. The predicted octanol–water partition coefficient (Wildman–Crippen LogP) is 3.54. The third-order valence-electron chi connectivity index (χ3n) is 3.97. The van der Waals surface area contributed by atoms with Crippen LogP contribution in [-0.4, -0.2) is 25.0 Å². The van der Waals surface area contributed by atoms with Crippen LogP contribution in [-0.2, 0) is 4.79 Å². The average Bonchev–Trinajstić information content (AvgIpc) is 2.59. The molecule has 0 saturated heterocycles. The lowest BCUT2D eigenvalue weighted by atomic mass is 10.0. The third kappa shape index (κ3) is 4.59. The highest BCUT2D eigenvalue weighted by Crippen LogP contribution is 2.25. The number of hydrogen-bond acceptors (Lipinski definition) is 3. The lowest BCUT2D eigenvalue weighted by Gasteiger charge is -2.22. The molecule has 2 N–H and O–H groups in total. The van der Waals surface area contributed by atoms with Crippen molar-refractivity contribution in [2.45, 2.75) is 26.8 Å². The molecule has 0 aliphatic heterocycles. The number of nitrogens with one attached hydrogen (secondary N) is 2. The monoisotopic (exact) mass is 358 g/mol. The van der Waals surface area contributed by atoms with Crippen LogP contribution in [0.15, 0.2) is 42.5 Å². The first-order valence-electron chi connectivity index (χ1n) is 8.34. The Kier molecular flexibility index (Phi) is 6.33. The summed E-state index contributed by atoms with van der Waals surface area (Å²) in [6, 6.07) is 10.2. The maximum absolute atomic E-state index is 13.8. The van der Waals surface area contributed by atoms with E-state index in [2.05, 4.69) is 10.6 Å². The van der Waals surface area contributed by atoms with Gasteiger partial charge in [-0.25, -0.2) is 4.39 Å². The van der Waals surface area contributed by atoms with Crippen molar-refractivity contribution >= 4 is 17.5 Å². The van der Waals surface area contributed by atoms with Crippen LogP contribution in [0.2, 0.25) is 0 Å². The van der Waals surface area contributed by atoms with Crippen molar-refractivity contribution in [3.63, 3.8) is 0 Å². The molecule has 1 atom stereocenters. The largest absolute Gasteiger partial charge is 0.495 e. The minimum atomic E-state index is -0.827. The molecule has 26 heavy (non-hydrogen) atoms. The van der Waals surface area contributed by atoms with Gasteiger partial charge < -0.3 is 15.4 Å². The molecule has 138 valence electrons. The van der Waals surface area contributed by atoms with Crippen molar-refractivity contribution in [3.05, 3.63) is 59.4 Å². The third-order valence-corrected chi connectivity index (χ3v) is 3.97. The molecule has 2 aromatic rings. The van der Waals surface area contributed by atoms with Gasteiger partial charge in [0.15, 0.2) is 0 Å². The second kappa shape index (κ2) is 8.47. The van der Waals surface area contributed by atoms with Crippen molar-refractivity contribution in [1.29, 1.82) is 0 Å².